The Balaban J connectivity index is 1.83. The summed E-state index contributed by atoms with van der Waals surface area (Å²) in [6, 6.07) is 12.0. The zero-order valence-corrected chi connectivity index (χ0v) is 18.1. The van der Waals surface area contributed by atoms with Crippen molar-refractivity contribution in [2.45, 2.75) is 32.4 Å². The molecule has 0 aromatic heterocycles. The number of aliphatic carboxylic acids is 1. The van der Waals surface area contributed by atoms with E-state index in [4.69, 9.17) is 0 Å². The van der Waals surface area contributed by atoms with Crippen molar-refractivity contribution in [1.29, 1.82) is 0 Å². The van der Waals surface area contributed by atoms with Gasteiger partial charge in [0, 0.05) is 18.8 Å². The number of benzene rings is 2. The number of urea groups is 1. The largest absolute Gasteiger partial charge is 0.481 e. The van der Waals surface area contributed by atoms with Crippen LogP contribution in [0.1, 0.15) is 30.5 Å². The third-order valence-electron chi connectivity index (χ3n) is 5.34. The third kappa shape index (κ3) is 5.03. The fourth-order valence-corrected chi connectivity index (χ4v) is 3.67. The van der Waals surface area contributed by atoms with Crippen molar-refractivity contribution in [1.82, 2.24) is 15.5 Å². The lowest BCUT2D eigenvalue weighted by molar-refractivity contribution is -0.138. The van der Waals surface area contributed by atoms with Crippen LogP contribution in [0, 0.1) is 6.92 Å². The molecule has 32 heavy (non-hydrogen) atoms. The number of carbonyl (C=O) groups is 4. The molecule has 0 fully saturated rings. The Hall–Kier alpha value is -3.94. The monoisotopic (exact) mass is 435 g/mol. The van der Waals surface area contributed by atoms with Gasteiger partial charge in [0.1, 0.15) is 0 Å². The molecule has 3 N–H and O–H groups in total. The second-order valence-corrected chi connectivity index (χ2v) is 7.77. The van der Waals surface area contributed by atoms with E-state index in [-0.39, 0.29) is 6.42 Å². The molecular weight excluding hydrogens is 410 g/mol. The number of carbonyl (C=O) groups excluding carboxylic acids is 3. The number of amides is 3. The zero-order chi connectivity index (χ0) is 23.4. The first-order valence-corrected chi connectivity index (χ1v) is 10.1. The molecule has 8 nitrogen and oxygen atoms in total. The van der Waals surface area contributed by atoms with E-state index in [1.165, 1.54) is 18.1 Å². The van der Waals surface area contributed by atoms with Gasteiger partial charge in [-0.15, -0.1) is 0 Å². The van der Waals surface area contributed by atoms with E-state index in [0.29, 0.717) is 11.1 Å². The Morgan fingerprint density at radius 3 is 2.50 bits per heavy atom. The van der Waals surface area contributed by atoms with Crippen molar-refractivity contribution < 1.29 is 24.3 Å². The number of aryl methyl sites for hydroxylation is 1. The van der Waals surface area contributed by atoms with Gasteiger partial charge in [-0.05, 0) is 42.2 Å². The number of Topliss-reactive ketones (excluding diaryl/α,β-unsaturated/α-hetero) is 1. The van der Waals surface area contributed by atoms with Crippen molar-refractivity contribution in [3.8, 4) is 11.1 Å². The van der Waals surface area contributed by atoms with Gasteiger partial charge in [0.15, 0.2) is 11.8 Å². The van der Waals surface area contributed by atoms with E-state index < -0.39 is 35.8 Å². The number of carboxylic acids is 1. The molecule has 8 heteroatoms. The van der Waals surface area contributed by atoms with Crippen LogP contribution in [0.5, 0.6) is 0 Å². The molecule has 0 saturated heterocycles. The van der Waals surface area contributed by atoms with Gasteiger partial charge in [-0.25, -0.2) is 4.79 Å². The lowest BCUT2D eigenvalue weighted by atomic mass is 9.95. The molecule has 0 saturated carbocycles. The number of nitrogens with one attached hydrogen (secondary N) is 2. The highest BCUT2D eigenvalue weighted by atomic mass is 16.4. The van der Waals surface area contributed by atoms with Gasteiger partial charge in [-0.3, -0.25) is 14.4 Å². The summed E-state index contributed by atoms with van der Waals surface area (Å²) in [6.07, 6.45) is 1.04. The molecule has 1 aliphatic rings. The summed E-state index contributed by atoms with van der Waals surface area (Å²) in [6.45, 7) is 3.54. The van der Waals surface area contributed by atoms with Crippen LogP contribution in [-0.2, 0) is 14.4 Å². The highest BCUT2D eigenvalue weighted by Gasteiger charge is 2.35. The molecule has 1 heterocycles. The average molecular weight is 435 g/mol. The van der Waals surface area contributed by atoms with Crippen LogP contribution in [0.25, 0.3) is 11.1 Å². The van der Waals surface area contributed by atoms with Crippen molar-refractivity contribution >= 4 is 23.7 Å². The molecule has 3 rings (SSSR count). The Kier molecular flexibility index (Phi) is 6.73. The first-order valence-electron chi connectivity index (χ1n) is 10.1. The third-order valence-corrected chi connectivity index (χ3v) is 5.34. The summed E-state index contributed by atoms with van der Waals surface area (Å²) in [5, 5.41) is 14.4. The molecule has 2 aromatic rings. The summed E-state index contributed by atoms with van der Waals surface area (Å²) in [7, 11) is 1.50. The summed E-state index contributed by atoms with van der Waals surface area (Å²) in [5.41, 5.74) is 3.88. The van der Waals surface area contributed by atoms with E-state index >= 15 is 0 Å². The SMILES string of the molecule is CC1=CN(C)C(=O)C(NC(=O)N[C@@H](CC(=O)O)c2cccc(-c3ccccc3C)c2)C1=O. The van der Waals surface area contributed by atoms with Crippen LogP contribution in [0.4, 0.5) is 4.79 Å². The molecule has 0 radical (unpaired) electrons. The lowest BCUT2D eigenvalue weighted by Crippen LogP contribution is -2.56. The van der Waals surface area contributed by atoms with Crippen LogP contribution in [0.15, 0.2) is 60.3 Å². The van der Waals surface area contributed by atoms with Gasteiger partial charge >= 0.3 is 12.0 Å². The van der Waals surface area contributed by atoms with E-state index in [9.17, 15) is 24.3 Å². The number of rotatable bonds is 6. The maximum Gasteiger partial charge on any atom is 0.316 e. The van der Waals surface area contributed by atoms with Crippen LogP contribution < -0.4 is 10.6 Å². The Morgan fingerprint density at radius 1 is 1.09 bits per heavy atom. The Labute approximate surface area is 185 Å². The number of likely N-dealkylation sites (N-methyl/N-ethyl adjacent to an activating group) is 1. The first kappa shape index (κ1) is 22.7. The Morgan fingerprint density at radius 2 is 1.81 bits per heavy atom. The first-order chi connectivity index (χ1) is 15.2. The lowest BCUT2D eigenvalue weighted by Gasteiger charge is -2.27. The number of carboxylic acid groups (broad SMARTS) is 1. The molecule has 0 spiro atoms. The molecule has 1 aliphatic heterocycles. The normalized spacial score (nSPS) is 16.9. The number of nitrogens with zero attached hydrogens (tertiary/aromatic N) is 1. The summed E-state index contributed by atoms with van der Waals surface area (Å²) in [4.78, 5) is 50.0. The molecule has 0 bridgehead atoms. The van der Waals surface area contributed by atoms with Crippen LogP contribution in [-0.4, -0.2) is 46.8 Å². The minimum absolute atomic E-state index is 0.338. The zero-order valence-electron chi connectivity index (χ0n) is 18.1. The van der Waals surface area contributed by atoms with Crippen molar-refractivity contribution in [3.05, 3.63) is 71.4 Å². The fraction of sp³-hybridized carbons (Fsp3) is 0.250. The van der Waals surface area contributed by atoms with Gasteiger partial charge in [-0.2, -0.15) is 0 Å². The quantitative estimate of drug-likeness (QED) is 0.604. The van der Waals surface area contributed by atoms with Gasteiger partial charge in [0.25, 0.3) is 5.91 Å². The summed E-state index contributed by atoms with van der Waals surface area (Å²) >= 11 is 0. The average Bonchev–Trinajstić information content (AvgIpc) is 2.75. The molecule has 3 amide bonds. The minimum Gasteiger partial charge on any atom is -0.481 e. The van der Waals surface area contributed by atoms with Gasteiger partial charge in [-0.1, -0.05) is 42.5 Å². The predicted octanol–water partition coefficient (Wildman–Crippen LogP) is 2.79. The highest BCUT2D eigenvalue weighted by molar-refractivity contribution is 6.16. The summed E-state index contributed by atoms with van der Waals surface area (Å²) < 4.78 is 0. The second kappa shape index (κ2) is 9.47. The number of hydrogen-bond donors (Lipinski definition) is 3. The maximum absolute atomic E-state index is 12.6. The minimum atomic E-state index is -1.35. The van der Waals surface area contributed by atoms with Gasteiger partial charge < -0.3 is 20.6 Å². The fourth-order valence-electron chi connectivity index (χ4n) is 3.67. The van der Waals surface area contributed by atoms with Crippen LogP contribution >= 0.6 is 0 Å². The molecule has 1 unspecified atom stereocenters. The molecule has 166 valence electrons. The standard InChI is InChI=1S/C24H25N3O5/c1-14-7-4-5-10-18(14)16-8-6-9-17(11-16)19(12-20(28)29)25-24(32)26-21-22(30)15(2)13-27(3)23(21)31/h4-11,13,19,21H,12H2,1-3H3,(H,28,29)(H2,25,26,32)/t19-,21?/m0/s1. The molecule has 0 aliphatic carbocycles. The Bertz CT molecular complexity index is 1110. The highest BCUT2D eigenvalue weighted by Crippen LogP contribution is 2.27. The molecule has 2 aromatic carbocycles. The van der Waals surface area contributed by atoms with E-state index in [1.807, 2.05) is 43.3 Å². The van der Waals surface area contributed by atoms with Gasteiger partial charge in [0.2, 0.25) is 0 Å². The van der Waals surface area contributed by atoms with E-state index in [0.717, 1.165) is 16.7 Å². The maximum atomic E-state index is 12.6. The van der Waals surface area contributed by atoms with Gasteiger partial charge in [0.05, 0.1) is 12.5 Å². The number of ketones is 1. The van der Waals surface area contributed by atoms with Crippen molar-refractivity contribution in [2.24, 2.45) is 0 Å². The van der Waals surface area contributed by atoms with Crippen LogP contribution in [0.2, 0.25) is 0 Å². The second-order valence-electron chi connectivity index (χ2n) is 7.77. The smallest absolute Gasteiger partial charge is 0.316 e. The molecule has 2 atom stereocenters. The van der Waals surface area contributed by atoms with E-state index in [1.54, 1.807) is 19.1 Å². The van der Waals surface area contributed by atoms with Crippen LogP contribution in [0.3, 0.4) is 0 Å². The van der Waals surface area contributed by atoms with E-state index in [2.05, 4.69) is 10.6 Å². The number of hydrogen-bond acceptors (Lipinski definition) is 4. The van der Waals surface area contributed by atoms with Crippen molar-refractivity contribution in [3.63, 3.8) is 0 Å². The topological polar surface area (TPSA) is 116 Å². The van der Waals surface area contributed by atoms with Crippen molar-refractivity contribution in [2.75, 3.05) is 7.05 Å². The predicted molar refractivity (Wildman–Crippen MR) is 119 cm³/mol. The summed E-state index contributed by atoms with van der Waals surface area (Å²) in [5.74, 6) is -2.16. The molecular formula is C24H25N3O5.